The molecular formula is C10H13N3O. The van der Waals surface area contributed by atoms with Crippen LogP contribution in [0.3, 0.4) is 0 Å². The standard InChI is InChI=1S/C10H13N3O/c11-9(12)7-5-6-3-1-2-4-8(6)13-10(7)14/h5H,1-4H2,(H3,11,12)(H,13,14). The van der Waals surface area contributed by atoms with Gasteiger partial charge in [0, 0.05) is 5.69 Å². The lowest BCUT2D eigenvalue weighted by molar-refractivity contribution is 0.665. The molecule has 4 heteroatoms. The summed E-state index contributed by atoms with van der Waals surface area (Å²) < 4.78 is 0. The van der Waals surface area contributed by atoms with Crippen LogP contribution in [0.2, 0.25) is 0 Å². The maximum atomic E-state index is 11.5. The lowest BCUT2D eigenvalue weighted by Gasteiger charge is -2.15. The molecule has 74 valence electrons. The fourth-order valence-electron chi connectivity index (χ4n) is 1.87. The van der Waals surface area contributed by atoms with E-state index >= 15 is 0 Å². The highest BCUT2D eigenvalue weighted by Crippen LogP contribution is 2.18. The molecule has 1 heterocycles. The first-order valence-electron chi connectivity index (χ1n) is 4.78. The van der Waals surface area contributed by atoms with Crippen LogP contribution in [0, 0.1) is 5.41 Å². The molecule has 0 bridgehead atoms. The third-order valence-electron chi connectivity index (χ3n) is 2.63. The van der Waals surface area contributed by atoms with E-state index in [-0.39, 0.29) is 11.4 Å². The minimum atomic E-state index is -0.238. The van der Waals surface area contributed by atoms with E-state index in [0.29, 0.717) is 5.56 Å². The van der Waals surface area contributed by atoms with Crippen molar-refractivity contribution >= 4 is 5.84 Å². The van der Waals surface area contributed by atoms with Crippen molar-refractivity contribution < 1.29 is 0 Å². The number of nitrogens with one attached hydrogen (secondary N) is 2. The molecule has 0 amide bonds. The zero-order chi connectivity index (χ0) is 10.1. The maximum Gasteiger partial charge on any atom is 0.259 e. The van der Waals surface area contributed by atoms with E-state index < -0.39 is 0 Å². The molecule has 1 aliphatic carbocycles. The molecule has 0 atom stereocenters. The molecule has 0 radical (unpaired) electrons. The normalized spacial score (nSPS) is 14.9. The number of nitrogens with two attached hydrogens (primary N) is 1. The number of H-pyrrole nitrogens is 1. The van der Waals surface area contributed by atoms with Gasteiger partial charge < -0.3 is 10.7 Å². The van der Waals surface area contributed by atoms with Crippen molar-refractivity contribution in [2.75, 3.05) is 0 Å². The van der Waals surface area contributed by atoms with E-state index in [1.54, 1.807) is 6.07 Å². The smallest absolute Gasteiger partial charge is 0.259 e. The Kier molecular flexibility index (Phi) is 2.11. The number of aromatic amines is 1. The first kappa shape index (κ1) is 8.99. The molecular weight excluding hydrogens is 178 g/mol. The van der Waals surface area contributed by atoms with Gasteiger partial charge in [0.25, 0.3) is 5.56 Å². The van der Waals surface area contributed by atoms with E-state index in [1.165, 1.54) is 0 Å². The van der Waals surface area contributed by atoms with Crippen molar-refractivity contribution in [3.05, 3.63) is 33.2 Å². The predicted octanol–water partition coefficient (Wildman–Crippen LogP) is 0.538. The fourth-order valence-corrected chi connectivity index (χ4v) is 1.87. The van der Waals surface area contributed by atoms with Crippen molar-refractivity contribution in [3.8, 4) is 0 Å². The lowest BCUT2D eigenvalue weighted by atomic mass is 9.95. The molecule has 14 heavy (non-hydrogen) atoms. The number of hydrogen-bond donors (Lipinski definition) is 3. The van der Waals surface area contributed by atoms with Gasteiger partial charge in [0.2, 0.25) is 0 Å². The topological polar surface area (TPSA) is 82.7 Å². The summed E-state index contributed by atoms with van der Waals surface area (Å²) in [6.45, 7) is 0. The minimum Gasteiger partial charge on any atom is -0.384 e. The molecule has 0 saturated carbocycles. The monoisotopic (exact) mass is 191 g/mol. The van der Waals surface area contributed by atoms with Gasteiger partial charge in [-0.3, -0.25) is 10.2 Å². The Labute approximate surface area is 81.7 Å². The molecule has 4 N–H and O–H groups in total. The summed E-state index contributed by atoms with van der Waals surface area (Å²) in [5.74, 6) is -0.153. The van der Waals surface area contributed by atoms with Crippen molar-refractivity contribution in [2.45, 2.75) is 25.7 Å². The number of nitrogen functional groups attached to an aromatic ring is 1. The summed E-state index contributed by atoms with van der Waals surface area (Å²) in [4.78, 5) is 14.3. The van der Waals surface area contributed by atoms with Crippen LogP contribution in [0.5, 0.6) is 0 Å². The van der Waals surface area contributed by atoms with Gasteiger partial charge in [0.15, 0.2) is 0 Å². The van der Waals surface area contributed by atoms with E-state index in [0.717, 1.165) is 36.9 Å². The van der Waals surface area contributed by atoms with E-state index in [2.05, 4.69) is 4.98 Å². The summed E-state index contributed by atoms with van der Waals surface area (Å²) >= 11 is 0. The van der Waals surface area contributed by atoms with Crippen LogP contribution in [0.1, 0.15) is 29.7 Å². The first-order chi connectivity index (χ1) is 6.68. The van der Waals surface area contributed by atoms with E-state index in [9.17, 15) is 4.79 Å². The van der Waals surface area contributed by atoms with Crippen molar-refractivity contribution in [2.24, 2.45) is 5.73 Å². The number of aryl methyl sites for hydroxylation is 2. The quantitative estimate of drug-likeness (QED) is 0.447. The highest BCUT2D eigenvalue weighted by atomic mass is 16.1. The Balaban J connectivity index is 2.56. The molecule has 2 rings (SSSR count). The van der Waals surface area contributed by atoms with Gasteiger partial charge in [0.05, 0.1) is 5.56 Å². The van der Waals surface area contributed by atoms with Gasteiger partial charge in [0.1, 0.15) is 5.84 Å². The van der Waals surface area contributed by atoms with Crippen LogP contribution in [-0.4, -0.2) is 10.8 Å². The predicted molar refractivity (Wildman–Crippen MR) is 54.7 cm³/mol. The van der Waals surface area contributed by atoms with Crippen LogP contribution in [0.4, 0.5) is 0 Å². The molecule has 4 nitrogen and oxygen atoms in total. The second-order valence-electron chi connectivity index (χ2n) is 3.64. The first-order valence-corrected chi connectivity index (χ1v) is 4.78. The summed E-state index contributed by atoms with van der Waals surface area (Å²) in [7, 11) is 0. The van der Waals surface area contributed by atoms with Crippen LogP contribution < -0.4 is 11.3 Å². The molecule has 0 aromatic carbocycles. The zero-order valence-corrected chi connectivity index (χ0v) is 7.89. The van der Waals surface area contributed by atoms with Crippen LogP contribution in [0.25, 0.3) is 0 Å². The van der Waals surface area contributed by atoms with Crippen molar-refractivity contribution in [3.63, 3.8) is 0 Å². The van der Waals surface area contributed by atoms with Gasteiger partial charge >= 0.3 is 0 Å². The number of amidine groups is 1. The number of pyridine rings is 1. The molecule has 1 aromatic rings. The number of aromatic nitrogens is 1. The van der Waals surface area contributed by atoms with Crippen LogP contribution in [0.15, 0.2) is 10.9 Å². The average molecular weight is 191 g/mol. The number of rotatable bonds is 1. The largest absolute Gasteiger partial charge is 0.384 e. The molecule has 0 spiro atoms. The molecule has 0 saturated heterocycles. The number of fused-ring (bicyclic) bond motifs is 1. The number of hydrogen-bond acceptors (Lipinski definition) is 2. The zero-order valence-electron chi connectivity index (χ0n) is 7.89. The fraction of sp³-hybridized carbons (Fsp3) is 0.400. The second-order valence-corrected chi connectivity index (χ2v) is 3.64. The van der Waals surface area contributed by atoms with Crippen molar-refractivity contribution in [1.82, 2.24) is 4.98 Å². The van der Waals surface area contributed by atoms with E-state index in [1.807, 2.05) is 0 Å². The summed E-state index contributed by atoms with van der Waals surface area (Å²) in [6, 6.07) is 1.76. The summed E-state index contributed by atoms with van der Waals surface area (Å²) in [5.41, 5.74) is 7.53. The van der Waals surface area contributed by atoms with E-state index in [4.69, 9.17) is 11.1 Å². The second kappa shape index (κ2) is 3.29. The SMILES string of the molecule is N=C(N)c1cc2c([nH]c1=O)CCCC2. The average Bonchev–Trinajstić information content (AvgIpc) is 2.16. The van der Waals surface area contributed by atoms with Crippen molar-refractivity contribution in [1.29, 1.82) is 5.41 Å². The molecule has 0 unspecified atom stereocenters. The molecule has 0 aliphatic heterocycles. The Morgan fingerprint density at radius 1 is 1.43 bits per heavy atom. The van der Waals surface area contributed by atoms with Gasteiger partial charge in [-0.25, -0.2) is 0 Å². The van der Waals surface area contributed by atoms with Gasteiger partial charge in [-0.1, -0.05) is 0 Å². The Bertz CT molecular complexity index is 433. The van der Waals surface area contributed by atoms with Gasteiger partial charge in [-0.15, -0.1) is 0 Å². The van der Waals surface area contributed by atoms with Gasteiger partial charge in [-0.05, 0) is 37.3 Å². The summed E-state index contributed by atoms with van der Waals surface area (Å²) in [6.07, 6.45) is 4.19. The maximum absolute atomic E-state index is 11.5. The Morgan fingerprint density at radius 3 is 2.86 bits per heavy atom. The molecule has 0 fully saturated rings. The molecule has 1 aromatic heterocycles. The Morgan fingerprint density at radius 2 is 2.14 bits per heavy atom. The van der Waals surface area contributed by atoms with Crippen LogP contribution in [-0.2, 0) is 12.8 Å². The van der Waals surface area contributed by atoms with Gasteiger partial charge in [-0.2, -0.15) is 0 Å². The minimum absolute atomic E-state index is 0.153. The third-order valence-corrected chi connectivity index (χ3v) is 2.63. The Hall–Kier alpha value is -1.58. The lowest BCUT2D eigenvalue weighted by Crippen LogP contribution is -2.26. The summed E-state index contributed by atoms with van der Waals surface area (Å²) in [5, 5.41) is 7.25. The third kappa shape index (κ3) is 1.43. The highest BCUT2D eigenvalue weighted by molar-refractivity contribution is 5.94. The highest BCUT2D eigenvalue weighted by Gasteiger charge is 2.13. The molecule has 1 aliphatic rings. The van der Waals surface area contributed by atoms with Crippen LogP contribution >= 0.6 is 0 Å².